The van der Waals surface area contributed by atoms with Crippen LogP contribution in [0.5, 0.6) is 0 Å². The number of carbonyl (C=O) groups is 1. The van der Waals surface area contributed by atoms with Crippen molar-refractivity contribution in [2.75, 3.05) is 17.2 Å². The highest BCUT2D eigenvalue weighted by molar-refractivity contribution is 7.21. The summed E-state index contributed by atoms with van der Waals surface area (Å²) in [6.07, 6.45) is 3.44. The van der Waals surface area contributed by atoms with Gasteiger partial charge in [0.1, 0.15) is 15.5 Å². The fourth-order valence-electron chi connectivity index (χ4n) is 3.12. The Hall–Kier alpha value is -3.58. The van der Waals surface area contributed by atoms with Gasteiger partial charge in [-0.05, 0) is 55.5 Å². The van der Waals surface area contributed by atoms with Crippen LogP contribution in [0.1, 0.15) is 16.6 Å². The van der Waals surface area contributed by atoms with Crippen molar-refractivity contribution in [3.8, 4) is 11.3 Å². The third-order valence-corrected chi connectivity index (χ3v) is 5.66. The van der Waals surface area contributed by atoms with E-state index in [4.69, 9.17) is 5.73 Å². The number of nitrogens with two attached hydrogens (primary N) is 1. The maximum absolute atomic E-state index is 13.4. The Morgan fingerprint density at radius 3 is 2.63 bits per heavy atom. The lowest BCUT2D eigenvalue weighted by atomic mass is 10.1. The molecule has 3 heterocycles. The third-order valence-electron chi connectivity index (χ3n) is 4.56. The van der Waals surface area contributed by atoms with E-state index in [0.717, 1.165) is 22.2 Å². The number of aromatic nitrogens is 2. The summed E-state index contributed by atoms with van der Waals surface area (Å²) in [7, 11) is 0. The van der Waals surface area contributed by atoms with Crippen molar-refractivity contribution in [1.82, 2.24) is 9.97 Å². The number of pyridine rings is 2. The number of anilines is 2. The molecule has 0 unspecified atom stereocenters. The van der Waals surface area contributed by atoms with Crippen molar-refractivity contribution >= 4 is 38.8 Å². The monoisotopic (exact) mass is 418 g/mol. The highest BCUT2D eigenvalue weighted by Gasteiger charge is 2.24. The molecule has 5 nitrogen and oxygen atoms in total. The Kier molecular flexibility index (Phi) is 5.29. The van der Waals surface area contributed by atoms with Crippen molar-refractivity contribution in [3.63, 3.8) is 0 Å². The Bertz CT molecular complexity index is 1240. The summed E-state index contributed by atoms with van der Waals surface area (Å²) in [4.78, 5) is 24.8. The van der Waals surface area contributed by atoms with Crippen molar-refractivity contribution in [1.29, 1.82) is 0 Å². The van der Waals surface area contributed by atoms with E-state index >= 15 is 0 Å². The van der Waals surface area contributed by atoms with Crippen LogP contribution in [0.2, 0.25) is 0 Å². The minimum absolute atomic E-state index is 0.270. The Labute approximate surface area is 177 Å². The molecule has 4 aromatic rings. The predicted molar refractivity (Wildman–Crippen MR) is 120 cm³/mol. The van der Waals surface area contributed by atoms with E-state index in [1.807, 2.05) is 31.2 Å². The molecule has 0 atom stereocenters. The van der Waals surface area contributed by atoms with Gasteiger partial charge in [-0.2, -0.15) is 0 Å². The molecule has 2 N–H and O–H groups in total. The number of halogens is 1. The summed E-state index contributed by atoms with van der Waals surface area (Å²) < 4.78 is 13.4. The van der Waals surface area contributed by atoms with E-state index in [9.17, 15) is 9.18 Å². The number of amides is 1. The van der Waals surface area contributed by atoms with Gasteiger partial charge in [0.05, 0.1) is 11.4 Å². The fourth-order valence-corrected chi connectivity index (χ4v) is 4.17. The first-order valence-electron chi connectivity index (χ1n) is 9.25. The van der Waals surface area contributed by atoms with Crippen LogP contribution in [0.3, 0.4) is 0 Å². The molecule has 0 aliphatic heterocycles. The maximum Gasteiger partial charge on any atom is 0.270 e. The highest BCUT2D eigenvalue weighted by atomic mass is 32.1. The standard InChI is InChI=1S/C23H19FN4OS/c1-14(2)13-28(17-7-5-16(24)6-8-17)23(29)21-20(25)18-9-10-19(27-22(18)30-21)15-4-3-11-26-12-15/h3-12H,1,13,25H2,2H3. The van der Waals surface area contributed by atoms with Crippen molar-refractivity contribution in [2.24, 2.45) is 0 Å². The van der Waals surface area contributed by atoms with E-state index in [2.05, 4.69) is 16.5 Å². The molecule has 0 saturated carbocycles. The first kappa shape index (κ1) is 19.7. The molecule has 0 bridgehead atoms. The number of rotatable bonds is 5. The molecule has 4 rings (SSSR count). The van der Waals surface area contributed by atoms with Crippen LogP contribution in [0.15, 0.2) is 73.1 Å². The predicted octanol–water partition coefficient (Wildman–Crippen LogP) is 5.30. The lowest BCUT2D eigenvalue weighted by molar-refractivity contribution is 0.0993. The summed E-state index contributed by atoms with van der Waals surface area (Å²) in [6, 6.07) is 13.3. The lowest BCUT2D eigenvalue weighted by Gasteiger charge is -2.22. The fraction of sp³-hybridized carbons (Fsp3) is 0.0870. The van der Waals surface area contributed by atoms with Gasteiger partial charge in [0, 0.05) is 35.6 Å². The number of thiophene rings is 1. The molecular weight excluding hydrogens is 399 g/mol. The molecule has 0 aliphatic carbocycles. The Morgan fingerprint density at radius 2 is 1.97 bits per heavy atom. The highest BCUT2D eigenvalue weighted by Crippen LogP contribution is 2.35. The minimum Gasteiger partial charge on any atom is -0.397 e. The largest absolute Gasteiger partial charge is 0.397 e. The zero-order chi connectivity index (χ0) is 21.3. The van der Waals surface area contributed by atoms with E-state index in [1.165, 1.54) is 23.5 Å². The van der Waals surface area contributed by atoms with Gasteiger partial charge in [-0.1, -0.05) is 12.2 Å². The van der Waals surface area contributed by atoms with Gasteiger partial charge in [0.25, 0.3) is 5.91 Å². The number of benzene rings is 1. The summed E-state index contributed by atoms with van der Waals surface area (Å²) in [6.45, 7) is 6.04. The molecule has 0 radical (unpaired) electrons. The molecule has 7 heteroatoms. The van der Waals surface area contributed by atoms with Gasteiger partial charge in [0.2, 0.25) is 0 Å². The molecule has 0 spiro atoms. The van der Waals surface area contributed by atoms with Crippen molar-refractivity contribution in [2.45, 2.75) is 6.92 Å². The van der Waals surface area contributed by atoms with Gasteiger partial charge < -0.3 is 10.6 Å². The molecule has 1 amide bonds. The van der Waals surface area contributed by atoms with Gasteiger partial charge in [0.15, 0.2) is 0 Å². The minimum atomic E-state index is -0.366. The zero-order valence-electron chi connectivity index (χ0n) is 16.3. The average molecular weight is 418 g/mol. The number of nitrogens with zero attached hydrogens (tertiary/aromatic N) is 3. The maximum atomic E-state index is 13.4. The zero-order valence-corrected chi connectivity index (χ0v) is 17.1. The SMILES string of the molecule is C=C(C)CN(C(=O)c1sc2nc(-c3cccnc3)ccc2c1N)c1ccc(F)cc1. The summed E-state index contributed by atoms with van der Waals surface area (Å²) in [5, 5.41) is 0.727. The smallest absolute Gasteiger partial charge is 0.270 e. The Morgan fingerprint density at radius 1 is 1.20 bits per heavy atom. The molecule has 0 fully saturated rings. The molecule has 30 heavy (non-hydrogen) atoms. The molecule has 3 aromatic heterocycles. The van der Waals surface area contributed by atoms with E-state index in [0.29, 0.717) is 27.6 Å². The lowest BCUT2D eigenvalue weighted by Crippen LogP contribution is -2.32. The van der Waals surface area contributed by atoms with E-state index in [-0.39, 0.29) is 11.7 Å². The van der Waals surface area contributed by atoms with Gasteiger partial charge in [-0.25, -0.2) is 9.37 Å². The van der Waals surface area contributed by atoms with Crippen molar-refractivity contribution < 1.29 is 9.18 Å². The van der Waals surface area contributed by atoms with E-state index in [1.54, 1.807) is 29.4 Å². The van der Waals surface area contributed by atoms with Gasteiger partial charge >= 0.3 is 0 Å². The van der Waals surface area contributed by atoms with Gasteiger partial charge in [-0.15, -0.1) is 11.3 Å². The quantitative estimate of drug-likeness (QED) is 0.446. The molecule has 1 aromatic carbocycles. The Balaban J connectivity index is 1.76. The third kappa shape index (κ3) is 3.79. The van der Waals surface area contributed by atoms with Crippen LogP contribution < -0.4 is 10.6 Å². The normalized spacial score (nSPS) is 10.9. The van der Waals surface area contributed by atoms with E-state index < -0.39 is 0 Å². The van der Waals surface area contributed by atoms with Crippen LogP contribution in [0.4, 0.5) is 15.8 Å². The van der Waals surface area contributed by atoms with Crippen LogP contribution in [0, 0.1) is 5.82 Å². The van der Waals surface area contributed by atoms with Crippen molar-refractivity contribution in [3.05, 3.63) is 83.8 Å². The molecular formula is C23H19FN4OS. The van der Waals surface area contributed by atoms with Crippen LogP contribution in [-0.4, -0.2) is 22.4 Å². The second-order valence-electron chi connectivity index (χ2n) is 6.96. The first-order chi connectivity index (χ1) is 14.4. The number of hydrogen-bond acceptors (Lipinski definition) is 5. The molecule has 0 saturated heterocycles. The number of carbonyl (C=O) groups excluding carboxylic acids is 1. The topological polar surface area (TPSA) is 72.1 Å². The summed E-state index contributed by atoms with van der Waals surface area (Å²) in [5.74, 6) is -0.636. The average Bonchev–Trinajstić information content (AvgIpc) is 3.08. The molecule has 150 valence electrons. The first-order valence-corrected chi connectivity index (χ1v) is 10.1. The van der Waals surface area contributed by atoms with Gasteiger partial charge in [-0.3, -0.25) is 9.78 Å². The van der Waals surface area contributed by atoms with Crippen LogP contribution >= 0.6 is 11.3 Å². The number of hydrogen-bond donors (Lipinski definition) is 1. The summed E-state index contributed by atoms with van der Waals surface area (Å²) >= 11 is 1.24. The van der Waals surface area contributed by atoms with Crippen LogP contribution in [0.25, 0.3) is 21.5 Å². The number of fused-ring (bicyclic) bond motifs is 1. The second-order valence-corrected chi connectivity index (χ2v) is 7.96. The van der Waals surface area contributed by atoms with Crippen LogP contribution in [-0.2, 0) is 0 Å². The molecule has 0 aliphatic rings. The number of nitrogen functional groups attached to an aromatic ring is 1. The summed E-state index contributed by atoms with van der Waals surface area (Å²) in [5.41, 5.74) is 9.73. The second kappa shape index (κ2) is 8.04.